The molecule has 1 aromatic heterocycles. The molecule has 0 bridgehead atoms. The molecule has 1 atom stereocenters. The summed E-state index contributed by atoms with van der Waals surface area (Å²) in [6.45, 7) is 0. The summed E-state index contributed by atoms with van der Waals surface area (Å²) in [4.78, 5) is 15.5. The number of carboxylic acid groups (broad SMARTS) is 1. The molecule has 1 unspecified atom stereocenters. The zero-order valence-electron chi connectivity index (χ0n) is 10.6. The molecule has 1 aromatic carbocycles. The van der Waals surface area contributed by atoms with E-state index in [0.717, 1.165) is 6.42 Å². The number of nitrogens with zero attached hydrogens (tertiary/aromatic N) is 2. The topological polar surface area (TPSA) is 75.3 Å². The maximum Gasteiger partial charge on any atom is 0.356 e. The third kappa shape index (κ3) is 2.09. The van der Waals surface area contributed by atoms with Crippen LogP contribution in [0.15, 0.2) is 24.3 Å². The number of fused-ring (bicyclic) bond motifs is 1. The number of aliphatic hydroxyl groups excluding tert-OH is 1. The van der Waals surface area contributed by atoms with Crippen LogP contribution >= 0.6 is 11.6 Å². The Morgan fingerprint density at radius 3 is 2.95 bits per heavy atom. The first-order valence-corrected chi connectivity index (χ1v) is 6.74. The summed E-state index contributed by atoms with van der Waals surface area (Å²) in [5, 5.41) is 20.0. The van der Waals surface area contributed by atoms with E-state index in [1.165, 1.54) is 0 Å². The molecular formula is C14H13ClN2O3. The maximum absolute atomic E-state index is 11.3. The van der Waals surface area contributed by atoms with E-state index < -0.39 is 12.2 Å². The fraction of sp³-hybridized carbons (Fsp3) is 0.286. The number of carbonyl (C=O) groups is 1. The minimum Gasteiger partial charge on any atom is -0.476 e. The Kier molecular flexibility index (Phi) is 3.23. The third-order valence-corrected chi connectivity index (χ3v) is 3.70. The number of imidazole rings is 1. The van der Waals surface area contributed by atoms with Crippen LogP contribution in [0.3, 0.4) is 0 Å². The van der Waals surface area contributed by atoms with Crippen molar-refractivity contribution in [2.75, 3.05) is 0 Å². The maximum atomic E-state index is 11.3. The second-order valence-corrected chi connectivity index (χ2v) is 5.23. The number of carboxylic acids is 1. The Morgan fingerprint density at radius 2 is 2.25 bits per heavy atom. The smallest absolute Gasteiger partial charge is 0.356 e. The fourth-order valence-electron chi connectivity index (χ4n) is 2.61. The molecule has 0 fully saturated rings. The van der Waals surface area contributed by atoms with E-state index in [0.29, 0.717) is 34.9 Å². The molecule has 2 aromatic rings. The van der Waals surface area contributed by atoms with E-state index in [2.05, 4.69) is 4.98 Å². The molecule has 0 spiro atoms. The molecule has 0 aliphatic carbocycles. The molecular weight excluding hydrogens is 280 g/mol. The molecule has 5 nitrogen and oxygen atoms in total. The summed E-state index contributed by atoms with van der Waals surface area (Å²) >= 11 is 5.97. The van der Waals surface area contributed by atoms with Crippen LogP contribution < -0.4 is 0 Å². The Morgan fingerprint density at radius 1 is 1.45 bits per heavy atom. The van der Waals surface area contributed by atoms with E-state index >= 15 is 0 Å². The molecule has 0 saturated heterocycles. The second-order valence-electron chi connectivity index (χ2n) is 4.79. The average Bonchev–Trinajstić information content (AvgIpc) is 2.80. The number of benzene rings is 1. The van der Waals surface area contributed by atoms with Crippen LogP contribution in [0.2, 0.25) is 5.02 Å². The van der Waals surface area contributed by atoms with Crippen LogP contribution in [0.5, 0.6) is 0 Å². The van der Waals surface area contributed by atoms with Gasteiger partial charge in [0, 0.05) is 10.6 Å². The van der Waals surface area contributed by atoms with Crippen molar-refractivity contribution >= 4 is 17.6 Å². The first-order chi connectivity index (χ1) is 9.58. The molecule has 3 rings (SSSR count). The average molecular weight is 293 g/mol. The number of rotatable bonds is 2. The van der Waals surface area contributed by atoms with Crippen molar-refractivity contribution in [3.63, 3.8) is 0 Å². The van der Waals surface area contributed by atoms with Gasteiger partial charge < -0.3 is 14.8 Å². The molecule has 6 heteroatoms. The van der Waals surface area contributed by atoms with Crippen molar-refractivity contribution in [1.29, 1.82) is 0 Å². The lowest BCUT2D eigenvalue weighted by Gasteiger charge is -2.23. The van der Waals surface area contributed by atoms with Gasteiger partial charge in [0.05, 0.1) is 5.69 Å². The predicted octanol–water partition coefficient (Wildman–Crippen LogP) is 2.73. The largest absolute Gasteiger partial charge is 0.476 e. The number of halogens is 1. The van der Waals surface area contributed by atoms with Crippen LogP contribution in [-0.4, -0.2) is 25.7 Å². The summed E-state index contributed by atoms with van der Waals surface area (Å²) in [5.74, 6) is -0.622. The van der Waals surface area contributed by atoms with Gasteiger partial charge in [-0.3, -0.25) is 0 Å². The third-order valence-electron chi connectivity index (χ3n) is 3.47. The molecule has 0 amide bonds. The zero-order valence-corrected chi connectivity index (χ0v) is 11.3. The Balaban J connectivity index is 2.23. The Hall–Kier alpha value is -1.85. The quantitative estimate of drug-likeness (QED) is 0.892. The minimum atomic E-state index is -1.07. The van der Waals surface area contributed by atoms with Crippen LogP contribution in [0.25, 0.3) is 11.4 Å². The van der Waals surface area contributed by atoms with Gasteiger partial charge in [0.2, 0.25) is 0 Å². The molecule has 0 radical (unpaired) electrons. The Bertz CT molecular complexity index is 681. The van der Waals surface area contributed by atoms with Crippen LogP contribution in [0, 0.1) is 0 Å². The first kappa shape index (κ1) is 13.1. The van der Waals surface area contributed by atoms with Gasteiger partial charge in [0.1, 0.15) is 12.1 Å². The van der Waals surface area contributed by atoms with Crippen molar-refractivity contribution < 1.29 is 15.0 Å². The van der Waals surface area contributed by atoms with Crippen molar-refractivity contribution in [2.45, 2.75) is 25.5 Å². The lowest BCUT2D eigenvalue weighted by molar-refractivity contribution is 0.0678. The van der Waals surface area contributed by atoms with Gasteiger partial charge in [-0.25, -0.2) is 9.78 Å². The SMILES string of the molecule is O=C(O)c1nc(-c2cccc(Cl)c2)n2c1CCCC2O. The van der Waals surface area contributed by atoms with Crippen LogP contribution in [0.1, 0.15) is 35.3 Å². The number of aromatic carboxylic acids is 1. The molecule has 1 aliphatic rings. The predicted molar refractivity (Wildman–Crippen MR) is 73.8 cm³/mol. The van der Waals surface area contributed by atoms with Gasteiger partial charge in [-0.05, 0) is 31.4 Å². The molecule has 2 N–H and O–H groups in total. The highest BCUT2D eigenvalue weighted by atomic mass is 35.5. The zero-order chi connectivity index (χ0) is 14.3. The standard InChI is InChI=1S/C14H13ClN2O3/c15-9-4-1-3-8(7-9)13-16-12(14(19)20)10-5-2-6-11(18)17(10)13/h1,3-4,7,11,18H,2,5-6H2,(H,19,20). The first-order valence-electron chi connectivity index (χ1n) is 6.36. The van der Waals surface area contributed by atoms with Gasteiger partial charge in [-0.2, -0.15) is 0 Å². The van der Waals surface area contributed by atoms with E-state index in [-0.39, 0.29) is 5.69 Å². The summed E-state index contributed by atoms with van der Waals surface area (Å²) in [6, 6.07) is 7.02. The number of aromatic nitrogens is 2. The van der Waals surface area contributed by atoms with E-state index in [4.69, 9.17) is 11.6 Å². The van der Waals surface area contributed by atoms with Crippen LogP contribution in [0.4, 0.5) is 0 Å². The van der Waals surface area contributed by atoms with Crippen molar-refractivity contribution in [2.24, 2.45) is 0 Å². The lowest BCUT2D eigenvalue weighted by atomic mass is 10.1. The summed E-state index contributed by atoms with van der Waals surface area (Å²) < 4.78 is 1.61. The van der Waals surface area contributed by atoms with E-state index in [9.17, 15) is 15.0 Å². The lowest BCUT2D eigenvalue weighted by Crippen LogP contribution is -2.19. The summed E-state index contributed by atoms with van der Waals surface area (Å²) in [7, 11) is 0. The molecule has 20 heavy (non-hydrogen) atoms. The number of aliphatic hydroxyl groups is 1. The Labute approximate surface area is 120 Å². The molecule has 1 aliphatic heterocycles. The number of hydrogen-bond acceptors (Lipinski definition) is 3. The normalized spacial score (nSPS) is 17.8. The van der Waals surface area contributed by atoms with Gasteiger partial charge in [0.25, 0.3) is 0 Å². The van der Waals surface area contributed by atoms with Crippen LogP contribution in [-0.2, 0) is 6.42 Å². The van der Waals surface area contributed by atoms with E-state index in [1.807, 2.05) is 0 Å². The molecule has 104 valence electrons. The highest BCUT2D eigenvalue weighted by molar-refractivity contribution is 6.30. The summed E-state index contributed by atoms with van der Waals surface area (Å²) in [5.41, 5.74) is 1.29. The summed E-state index contributed by atoms with van der Waals surface area (Å²) in [6.07, 6.45) is 1.21. The molecule has 2 heterocycles. The van der Waals surface area contributed by atoms with Crippen molar-refractivity contribution in [3.05, 3.63) is 40.7 Å². The number of hydrogen-bond donors (Lipinski definition) is 2. The van der Waals surface area contributed by atoms with Crippen molar-refractivity contribution in [1.82, 2.24) is 9.55 Å². The van der Waals surface area contributed by atoms with Gasteiger partial charge in [-0.1, -0.05) is 23.7 Å². The second kappa shape index (κ2) is 4.92. The van der Waals surface area contributed by atoms with Crippen molar-refractivity contribution in [3.8, 4) is 11.4 Å². The van der Waals surface area contributed by atoms with Gasteiger partial charge >= 0.3 is 5.97 Å². The van der Waals surface area contributed by atoms with Gasteiger partial charge in [0.15, 0.2) is 5.69 Å². The molecule has 0 saturated carbocycles. The minimum absolute atomic E-state index is 0.0127. The monoisotopic (exact) mass is 292 g/mol. The fourth-order valence-corrected chi connectivity index (χ4v) is 2.80. The van der Waals surface area contributed by atoms with E-state index in [1.54, 1.807) is 28.8 Å². The highest BCUT2D eigenvalue weighted by Gasteiger charge is 2.28. The van der Waals surface area contributed by atoms with Gasteiger partial charge in [-0.15, -0.1) is 0 Å². The highest BCUT2D eigenvalue weighted by Crippen LogP contribution is 2.33.